The van der Waals surface area contributed by atoms with Crippen LogP contribution >= 0.6 is 0 Å². The SMILES string of the molecule is COc1ccc(CC2(C(=O)NCCc3c[nH]c4ccccc34)CCNN2C(=O)NC(C)C)cc1. The molecule has 0 aliphatic carbocycles. The number of amides is 3. The molecule has 1 aliphatic rings. The summed E-state index contributed by atoms with van der Waals surface area (Å²) in [7, 11) is 1.62. The third kappa shape index (κ3) is 4.87. The number of para-hydroxylation sites is 1. The standard InChI is InChI=1S/C26H33N5O3/c1-18(2)30-25(33)31-26(13-15-29-31,16-19-8-10-21(34-3)11-9-19)24(32)27-14-12-20-17-28-23-7-5-4-6-22(20)23/h4-11,17-18,28-29H,12-16H2,1-3H3,(H,27,32)(H,30,33). The van der Waals surface area contributed by atoms with E-state index in [1.54, 1.807) is 7.11 Å². The molecule has 3 amide bonds. The van der Waals surface area contributed by atoms with Crippen molar-refractivity contribution in [3.63, 3.8) is 0 Å². The van der Waals surface area contributed by atoms with Crippen LogP contribution in [0.2, 0.25) is 0 Å². The van der Waals surface area contributed by atoms with E-state index in [2.05, 4.69) is 27.1 Å². The number of hydrazine groups is 1. The molecular weight excluding hydrogens is 430 g/mol. The van der Waals surface area contributed by atoms with Crippen LogP contribution in [0.5, 0.6) is 5.75 Å². The number of fused-ring (bicyclic) bond motifs is 1. The Labute approximate surface area is 200 Å². The number of nitrogens with one attached hydrogen (secondary N) is 4. The van der Waals surface area contributed by atoms with Gasteiger partial charge in [0.15, 0.2) is 0 Å². The normalized spacial score (nSPS) is 17.8. The molecule has 8 heteroatoms. The molecule has 1 fully saturated rings. The lowest BCUT2D eigenvalue weighted by Crippen LogP contribution is -2.63. The van der Waals surface area contributed by atoms with E-state index in [1.807, 2.05) is 62.5 Å². The van der Waals surface area contributed by atoms with E-state index < -0.39 is 5.54 Å². The highest BCUT2D eigenvalue weighted by atomic mass is 16.5. The summed E-state index contributed by atoms with van der Waals surface area (Å²) >= 11 is 0. The number of aromatic amines is 1. The zero-order chi connectivity index (χ0) is 24.1. The third-order valence-electron chi connectivity index (χ3n) is 6.28. The van der Waals surface area contributed by atoms with Crippen molar-refractivity contribution >= 4 is 22.8 Å². The molecule has 1 atom stereocenters. The molecule has 0 spiro atoms. The monoisotopic (exact) mass is 463 g/mol. The van der Waals surface area contributed by atoms with E-state index in [9.17, 15) is 9.59 Å². The number of hydrogen-bond donors (Lipinski definition) is 4. The van der Waals surface area contributed by atoms with Gasteiger partial charge in [0.05, 0.1) is 7.11 Å². The maximum absolute atomic E-state index is 13.7. The van der Waals surface area contributed by atoms with Crippen molar-refractivity contribution in [1.82, 2.24) is 26.1 Å². The summed E-state index contributed by atoms with van der Waals surface area (Å²) in [4.78, 5) is 30.0. The predicted octanol–water partition coefficient (Wildman–Crippen LogP) is 3.15. The van der Waals surface area contributed by atoms with Crippen LogP contribution in [-0.4, -0.2) is 53.7 Å². The van der Waals surface area contributed by atoms with Crippen LogP contribution < -0.4 is 20.8 Å². The highest BCUT2D eigenvalue weighted by molar-refractivity contribution is 5.92. The van der Waals surface area contributed by atoms with Crippen molar-refractivity contribution in [3.8, 4) is 5.75 Å². The second-order valence-electron chi connectivity index (χ2n) is 9.02. The van der Waals surface area contributed by atoms with Crippen molar-refractivity contribution < 1.29 is 14.3 Å². The lowest BCUT2D eigenvalue weighted by molar-refractivity contribution is -0.131. The number of nitrogens with zero attached hydrogens (tertiary/aromatic N) is 1. The number of urea groups is 1. The molecule has 0 radical (unpaired) electrons. The van der Waals surface area contributed by atoms with Crippen LogP contribution in [0, 0.1) is 0 Å². The molecule has 2 aromatic carbocycles. The first-order valence-corrected chi connectivity index (χ1v) is 11.7. The first-order valence-electron chi connectivity index (χ1n) is 11.7. The Hall–Kier alpha value is -3.52. The lowest BCUT2D eigenvalue weighted by Gasteiger charge is -2.37. The molecule has 2 heterocycles. The fourth-order valence-corrected chi connectivity index (χ4v) is 4.57. The van der Waals surface area contributed by atoms with E-state index in [4.69, 9.17) is 4.74 Å². The molecule has 8 nitrogen and oxygen atoms in total. The first-order chi connectivity index (χ1) is 16.4. The van der Waals surface area contributed by atoms with Crippen LogP contribution in [-0.2, 0) is 17.6 Å². The Morgan fingerprint density at radius 1 is 1.15 bits per heavy atom. The maximum Gasteiger partial charge on any atom is 0.332 e. The second kappa shape index (κ2) is 10.2. The van der Waals surface area contributed by atoms with Crippen LogP contribution in [0.15, 0.2) is 54.7 Å². The molecule has 1 aromatic heterocycles. The summed E-state index contributed by atoms with van der Waals surface area (Å²) in [5.74, 6) is 0.590. The maximum atomic E-state index is 13.7. The average molecular weight is 464 g/mol. The van der Waals surface area contributed by atoms with Crippen molar-refractivity contribution in [1.29, 1.82) is 0 Å². The lowest BCUT2D eigenvalue weighted by atomic mass is 9.87. The van der Waals surface area contributed by atoms with Gasteiger partial charge in [0.25, 0.3) is 0 Å². The molecule has 1 saturated heterocycles. The van der Waals surface area contributed by atoms with E-state index in [-0.39, 0.29) is 18.0 Å². The number of hydrogen-bond acceptors (Lipinski definition) is 4. The fourth-order valence-electron chi connectivity index (χ4n) is 4.57. The van der Waals surface area contributed by atoms with Gasteiger partial charge in [-0.05, 0) is 56.0 Å². The molecule has 0 bridgehead atoms. The Kier molecular flexibility index (Phi) is 7.07. The van der Waals surface area contributed by atoms with Gasteiger partial charge in [-0.1, -0.05) is 30.3 Å². The quantitative estimate of drug-likeness (QED) is 0.413. The Morgan fingerprint density at radius 3 is 2.65 bits per heavy atom. The summed E-state index contributed by atoms with van der Waals surface area (Å²) in [6.07, 6.45) is 3.60. The number of rotatable bonds is 8. The molecule has 0 saturated carbocycles. The number of benzene rings is 2. The van der Waals surface area contributed by atoms with Crippen molar-refractivity contribution in [2.24, 2.45) is 0 Å². The zero-order valence-corrected chi connectivity index (χ0v) is 20.0. The average Bonchev–Trinajstić information content (AvgIpc) is 3.44. The molecule has 180 valence electrons. The van der Waals surface area contributed by atoms with Crippen LogP contribution in [0.25, 0.3) is 10.9 Å². The van der Waals surface area contributed by atoms with Crippen molar-refractivity contribution in [2.75, 3.05) is 20.2 Å². The minimum absolute atomic E-state index is 0.0430. The van der Waals surface area contributed by atoms with E-state index in [0.717, 1.165) is 27.8 Å². The number of ether oxygens (including phenoxy) is 1. The molecule has 3 aromatic rings. The molecular formula is C26H33N5O3. The minimum Gasteiger partial charge on any atom is -0.497 e. The van der Waals surface area contributed by atoms with Crippen molar-refractivity contribution in [3.05, 3.63) is 65.9 Å². The van der Waals surface area contributed by atoms with Gasteiger partial charge in [-0.15, -0.1) is 0 Å². The number of carbonyl (C=O) groups is 2. The van der Waals surface area contributed by atoms with Crippen LogP contribution in [0.1, 0.15) is 31.4 Å². The topological polar surface area (TPSA) is 98.5 Å². The van der Waals surface area contributed by atoms with Gasteiger partial charge in [0.1, 0.15) is 11.3 Å². The van der Waals surface area contributed by atoms with Gasteiger partial charge in [-0.25, -0.2) is 15.2 Å². The second-order valence-corrected chi connectivity index (χ2v) is 9.02. The molecule has 1 unspecified atom stereocenters. The van der Waals surface area contributed by atoms with Gasteiger partial charge >= 0.3 is 6.03 Å². The smallest absolute Gasteiger partial charge is 0.332 e. The summed E-state index contributed by atoms with van der Waals surface area (Å²) < 4.78 is 5.27. The van der Waals surface area contributed by atoms with Gasteiger partial charge in [-0.3, -0.25) is 4.79 Å². The van der Waals surface area contributed by atoms with Gasteiger partial charge in [0.2, 0.25) is 5.91 Å². The number of aromatic nitrogens is 1. The molecule has 1 aliphatic heterocycles. The summed E-state index contributed by atoms with van der Waals surface area (Å²) in [6, 6.07) is 15.4. The molecule has 4 N–H and O–H groups in total. The number of H-pyrrole nitrogens is 1. The Bertz CT molecular complexity index is 1140. The predicted molar refractivity (Wildman–Crippen MR) is 133 cm³/mol. The van der Waals surface area contributed by atoms with Gasteiger partial charge < -0.3 is 20.4 Å². The van der Waals surface area contributed by atoms with Crippen LogP contribution in [0.3, 0.4) is 0 Å². The van der Waals surface area contributed by atoms with Crippen molar-refractivity contribution in [2.45, 2.75) is 44.7 Å². The summed E-state index contributed by atoms with van der Waals surface area (Å²) in [5.41, 5.74) is 5.29. The first kappa shape index (κ1) is 23.6. The van der Waals surface area contributed by atoms with Gasteiger partial charge in [0, 0.05) is 42.7 Å². The zero-order valence-electron chi connectivity index (χ0n) is 20.0. The summed E-state index contributed by atoms with van der Waals surface area (Å²) in [5, 5.41) is 8.67. The molecule has 4 rings (SSSR count). The third-order valence-corrected chi connectivity index (χ3v) is 6.28. The van der Waals surface area contributed by atoms with Crippen LogP contribution in [0.4, 0.5) is 4.79 Å². The Morgan fingerprint density at radius 2 is 1.91 bits per heavy atom. The highest BCUT2D eigenvalue weighted by Gasteiger charge is 2.50. The summed E-state index contributed by atoms with van der Waals surface area (Å²) in [6.45, 7) is 4.82. The fraction of sp³-hybridized carbons (Fsp3) is 0.385. The number of methoxy groups -OCH3 is 1. The van der Waals surface area contributed by atoms with E-state index >= 15 is 0 Å². The Balaban J connectivity index is 1.53. The van der Waals surface area contributed by atoms with Gasteiger partial charge in [-0.2, -0.15) is 0 Å². The largest absolute Gasteiger partial charge is 0.497 e. The van der Waals surface area contributed by atoms with E-state index in [0.29, 0.717) is 32.4 Å². The van der Waals surface area contributed by atoms with E-state index in [1.165, 1.54) is 5.01 Å². The molecule has 34 heavy (non-hydrogen) atoms. The number of carbonyl (C=O) groups excluding carboxylic acids is 2. The highest BCUT2D eigenvalue weighted by Crippen LogP contribution is 2.29. The minimum atomic E-state index is -1.03.